The van der Waals surface area contributed by atoms with Crippen LogP contribution in [-0.4, -0.2) is 5.75 Å². The molecule has 2 rings (SSSR count). The summed E-state index contributed by atoms with van der Waals surface area (Å²) in [6.07, 6.45) is 4.52. The average molecular weight is 352 g/mol. The summed E-state index contributed by atoms with van der Waals surface area (Å²) in [5.41, 5.74) is 5.72. The molecule has 0 fully saturated rings. The number of unbranched alkanes of at least 4 members (excludes halogenated alkanes) is 1. The zero-order chi connectivity index (χ0) is 18.1. The number of thioether (sulfide) groups is 1. The Labute approximate surface area is 157 Å². The van der Waals surface area contributed by atoms with Crippen LogP contribution in [0.4, 0.5) is 5.69 Å². The van der Waals surface area contributed by atoms with E-state index in [1.165, 1.54) is 34.6 Å². The molecule has 0 heterocycles. The zero-order valence-corrected chi connectivity index (χ0v) is 16.3. The first-order valence-electron chi connectivity index (χ1n) is 9.01. The molecule has 2 aromatic rings. The van der Waals surface area contributed by atoms with Crippen molar-refractivity contribution in [2.75, 3.05) is 11.1 Å². The molecule has 0 aliphatic rings. The van der Waals surface area contributed by atoms with Crippen LogP contribution in [0.2, 0.25) is 0 Å². The molecule has 0 spiro atoms. The lowest BCUT2D eigenvalue weighted by Crippen LogP contribution is -2.01. The van der Waals surface area contributed by atoms with Crippen LogP contribution in [0.5, 0.6) is 0 Å². The fraction of sp³-hybridized carbons (Fsp3) is 0.304. The maximum absolute atomic E-state index is 4.23. The molecule has 0 aliphatic heterocycles. The molecule has 0 radical (unpaired) electrons. The van der Waals surface area contributed by atoms with Crippen molar-refractivity contribution in [3.63, 3.8) is 0 Å². The van der Waals surface area contributed by atoms with Crippen LogP contribution in [-0.2, 0) is 6.42 Å². The highest BCUT2D eigenvalue weighted by Crippen LogP contribution is 2.25. The maximum atomic E-state index is 4.23. The van der Waals surface area contributed by atoms with E-state index in [2.05, 4.69) is 80.9 Å². The molecule has 0 aromatic heterocycles. The van der Waals surface area contributed by atoms with E-state index in [0.717, 1.165) is 29.8 Å². The van der Waals surface area contributed by atoms with Crippen molar-refractivity contribution < 1.29 is 0 Å². The highest BCUT2D eigenvalue weighted by Gasteiger charge is 2.05. The lowest BCUT2D eigenvalue weighted by atomic mass is 10.0. The van der Waals surface area contributed by atoms with Gasteiger partial charge < -0.3 is 5.32 Å². The van der Waals surface area contributed by atoms with Gasteiger partial charge in [-0.3, -0.25) is 0 Å². The molecule has 0 amide bonds. The molecule has 132 valence electrons. The summed E-state index contributed by atoms with van der Waals surface area (Å²) in [6, 6.07) is 17.1. The molecule has 2 heteroatoms. The van der Waals surface area contributed by atoms with Crippen molar-refractivity contribution in [3.05, 3.63) is 78.4 Å². The Bertz CT molecular complexity index is 700. The van der Waals surface area contributed by atoms with Crippen LogP contribution >= 0.6 is 11.8 Å². The van der Waals surface area contributed by atoms with Crippen molar-refractivity contribution in [2.24, 2.45) is 0 Å². The first-order chi connectivity index (χ1) is 12.1. The topological polar surface area (TPSA) is 12.0 Å². The second kappa shape index (κ2) is 10.1. The summed E-state index contributed by atoms with van der Waals surface area (Å²) in [7, 11) is 0. The third-order valence-electron chi connectivity index (χ3n) is 4.09. The minimum absolute atomic E-state index is 0.938. The van der Waals surface area contributed by atoms with E-state index in [-0.39, 0.29) is 0 Å². The molecule has 0 saturated carbocycles. The second-order valence-electron chi connectivity index (χ2n) is 6.44. The first-order valence-corrected chi connectivity index (χ1v) is 10.00. The monoisotopic (exact) mass is 351 g/mol. The van der Waals surface area contributed by atoms with Gasteiger partial charge in [0.1, 0.15) is 0 Å². The molecular weight excluding hydrogens is 322 g/mol. The fourth-order valence-corrected chi connectivity index (χ4v) is 3.53. The SMILES string of the molecule is C=C(C)CCc1ccccc1NC(=C)c1ccc(SCCCC)cc1. The van der Waals surface area contributed by atoms with Gasteiger partial charge in [-0.25, -0.2) is 0 Å². The van der Waals surface area contributed by atoms with Crippen LogP contribution in [0.25, 0.3) is 5.70 Å². The predicted octanol–water partition coefficient (Wildman–Crippen LogP) is 7.17. The van der Waals surface area contributed by atoms with E-state index in [9.17, 15) is 0 Å². The van der Waals surface area contributed by atoms with Crippen molar-refractivity contribution in [1.29, 1.82) is 0 Å². The molecule has 1 N–H and O–H groups in total. The number of nitrogens with one attached hydrogen (secondary N) is 1. The summed E-state index contributed by atoms with van der Waals surface area (Å²) < 4.78 is 0. The Kier molecular flexibility index (Phi) is 7.87. The van der Waals surface area contributed by atoms with Crippen LogP contribution in [0, 0.1) is 0 Å². The molecule has 0 atom stereocenters. The predicted molar refractivity (Wildman–Crippen MR) is 114 cm³/mol. The fourth-order valence-electron chi connectivity index (χ4n) is 2.53. The number of benzene rings is 2. The zero-order valence-electron chi connectivity index (χ0n) is 15.5. The Hall–Kier alpha value is -1.93. The van der Waals surface area contributed by atoms with Crippen molar-refractivity contribution in [2.45, 2.75) is 44.4 Å². The minimum atomic E-state index is 0.938. The van der Waals surface area contributed by atoms with Crippen molar-refractivity contribution >= 4 is 23.1 Å². The maximum Gasteiger partial charge on any atom is 0.0416 e. The van der Waals surface area contributed by atoms with Gasteiger partial charge in [-0.1, -0.05) is 55.8 Å². The molecular formula is C23H29NS. The summed E-state index contributed by atoms with van der Waals surface area (Å²) in [5.74, 6) is 1.19. The molecule has 0 unspecified atom stereocenters. The third-order valence-corrected chi connectivity index (χ3v) is 5.19. The van der Waals surface area contributed by atoms with Gasteiger partial charge in [0.05, 0.1) is 0 Å². The lowest BCUT2D eigenvalue weighted by Gasteiger charge is -2.14. The van der Waals surface area contributed by atoms with Gasteiger partial charge in [0.2, 0.25) is 0 Å². The van der Waals surface area contributed by atoms with Crippen LogP contribution < -0.4 is 5.32 Å². The normalized spacial score (nSPS) is 10.5. The third kappa shape index (κ3) is 6.47. The lowest BCUT2D eigenvalue weighted by molar-refractivity contribution is 0.896. The van der Waals surface area contributed by atoms with Gasteiger partial charge in [-0.05, 0) is 61.3 Å². The molecule has 0 aliphatic carbocycles. The van der Waals surface area contributed by atoms with Gasteiger partial charge in [-0.15, -0.1) is 18.3 Å². The Morgan fingerprint density at radius 1 is 1.04 bits per heavy atom. The molecule has 0 bridgehead atoms. The van der Waals surface area contributed by atoms with Gasteiger partial charge in [0.25, 0.3) is 0 Å². The number of rotatable bonds is 10. The molecule has 1 nitrogen and oxygen atoms in total. The Morgan fingerprint density at radius 3 is 2.44 bits per heavy atom. The second-order valence-corrected chi connectivity index (χ2v) is 7.61. The quantitative estimate of drug-likeness (QED) is 0.276. The van der Waals surface area contributed by atoms with E-state index in [1.807, 2.05) is 11.8 Å². The molecule has 2 aromatic carbocycles. The van der Waals surface area contributed by atoms with E-state index >= 15 is 0 Å². The van der Waals surface area contributed by atoms with Gasteiger partial charge >= 0.3 is 0 Å². The van der Waals surface area contributed by atoms with Crippen LogP contribution in [0.1, 0.15) is 44.2 Å². The summed E-state index contributed by atoms with van der Waals surface area (Å²) in [4.78, 5) is 1.33. The van der Waals surface area contributed by atoms with E-state index in [0.29, 0.717) is 0 Å². The van der Waals surface area contributed by atoms with Gasteiger partial charge in [-0.2, -0.15) is 0 Å². The largest absolute Gasteiger partial charge is 0.355 e. The highest BCUT2D eigenvalue weighted by atomic mass is 32.2. The number of allylic oxidation sites excluding steroid dienone is 1. The van der Waals surface area contributed by atoms with E-state index < -0.39 is 0 Å². The number of aryl methyl sites for hydroxylation is 1. The van der Waals surface area contributed by atoms with Crippen LogP contribution in [0.15, 0.2) is 72.2 Å². The number of para-hydroxylation sites is 1. The number of hydrogen-bond donors (Lipinski definition) is 1. The standard InChI is InChI=1S/C23H29NS/c1-5-6-17-25-22-15-13-20(14-16-22)19(4)24-23-10-8-7-9-21(23)12-11-18(2)3/h7-10,13-16,24H,2,4-6,11-12,17H2,1,3H3. The highest BCUT2D eigenvalue weighted by molar-refractivity contribution is 7.99. The van der Waals surface area contributed by atoms with E-state index in [4.69, 9.17) is 0 Å². The van der Waals surface area contributed by atoms with Gasteiger partial charge in [0, 0.05) is 16.3 Å². The summed E-state index contributed by atoms with van der Waals surface area (Å²) >= 11 is 1.92. The Balaban J connectivity index is 2.01. The number of hydrogen-bond acceptors (Lipinski definition) is 2. The Morgan fingerprint density at radius 2 is 1.76 bits per heavy atom. The first kappa shape index (κ1) is 19.4. The van der Waals surface area contributed by atoms with Crippen molar-refractivity contribution in [3.8, 4) is 0 Å². The smallest absolute Gasteiger partial charge is 0.0416 e. The van der Waals surface area contributed by atoms with Crippen molar-refractivity contribution in [1.82, 2.24) is 0 Å². The molecule has 25 heavy (non-hydrogen) atoms. The molecule has 0 saturated heterocycles. The van der Waals surface area contributed by atoms with Gasteiger partial charge in [0.15, 0.2) is 0 Å². The minimum Gasteiger partial charge on any atom is -0.355 e. The van der Waals surface area contributed by atoms with Crippen LogP contribution in [0.3, 0.4) is 0 Å². The summed E-state index contributed by atoms with van der Waals surface area (Å²) in [6.45, 7) is 12.5. The summed E-state index contributed by atoms with van der Waals surface area (Å²) in [5, 5.41) is 3.49. The number of anilines is 1. The van der Waals surface area contributed by atoms with E-state index in [1.54, 1.807) is 0 Å². The average Bonchev–Trinajstić information content (AvgIpc) is 2.61.